The maximum absolute atomic E-state index is 12.2. The molecule has 1 aliphatic rings. The fourth-order valence-corrected chi connectivity index (χ4v) is 3.61. The monoisotopic (exact) mass is 330 g/mol. The molecule has 1 aromatic rings. The lowest BCUT2D eigenvalue weighted by molar-refractivity contribution is -0.133. The van der Waals surface area contributed by atoms with Crippen molar-refractivity contribution in [2.75, 3.05) is 13.1 Å². The highest BCUT2D eigenvalue weighted by Crippen LogP contribution is 2.21. The van der Waals surface area contributed by atoms with E-state index in [1.54, 1.807) is 11.3 Å². The Morgan fingerprint density at radius 1 is 1.44 bits per heavy atom. The van der Waals surface area contributed by atoms with Crippen LogP contribution >= 0.6 is 27.3 Å². The molecule has 1 saturated heterocycles. The van der Waals surface area contributed by atoms with Crippen LogP contribution in [0.5, 0.6) is 0 Å². The summed E-state index contributed by atoms with van der Waals surface area (Å²) in [6, 6.07) is 4.03. The first-order valence-electron chi connectivity index (χ1n) is 6.43. The van der Waals surface area contributed by atoms with E-state index in [1.165, 1.54) is 11.3 Å². The summed E-state index contributed by atoms with van der Waals surface area (Å²) in [5.74, 6) is 0.241. The van der Waals surface area contributed by atoms with E-state index in [0.717, 1.165) is 36.3 Å². The third kappa shape index (κ3) is 3.80. The molecule has 2 rings (SSSR count). The van der Waals surface area contributed by atoms with Crippen molar-refractivity contribution in [2.24, 2.45) is 0 Å². The minimum atomic E-state index is -0.0935. The largest absolute Gasteiger partial charge is 0.341 e. The molecule has 1 fully saturated rings. The second-order valence-electron chi connectivity index (χ2n) is 4.69. The highest BCUT2D eigenvalue weighted by Gasteiger charge is 2.21. The molecule has 1 aliphatic heterocycles. The third-order valence-corrected chi connectivity index (χ3v) is 4.87. The minimum absolute atomic E-state index is 0.0935. The summed E-state index contributed by atoms with van der Waals surface area (Å²) in [6.07, 6.45) is 3.56. The molecule has 1 amide bonds. The van der Waals surface area contributed by atoms with Gasteiger partial charge in [-0.15, -0.1) is 11.3 Å². The van der Waals surface area contributed by atoms with Gasteiger partial charge in [0, 0.05) is 24.5 Å². The average molecular weight is 331 g/mol. The number of thiophene rings is 1. The zero-order valence-corrected chi connectivity index (χ0v) is 13.0. The molecule has 1 atom stereocenters. The Morgan fingerprint density at radius 3 is 2.78 bits per heavy atom. The first-order chi connectivity index (χ1) is 8.66. The van der Waals surface area contributed by atoms with Crippen LogP contribution in [0.3, 0.4) is 0 Å². The Labute approximate surface area is 121 Å². The van der Waals surface area contributed by atoms with Crippen LogP contribution in [0.1, 0.15) is 31.1 Å². The second kappa shape index (κ2) is 6.68. The van der Waals surface area contributed by atoms with E-state index in [9.17, 15) is 4.79 Å². The van der Waals surface area contributed by atoms with E-state index >= 15 is 0 Å². The molecule has 0 aromatic carbocycles. The molecule has 0 bridgehead atoms. The van der Waals surface area contributed by atoms with Gasteiger partial charge < -0.3 is 10.2 Å². The first kappa shape index (κ1) is 14.0. The topological polar surface area (TPSA) is 32.3 Å². The molecular formula is C13H19BrN2OS. The van der Waals surface area contributed by atoms with Crippen molar-refractivity contribution in [1.29, 1.82) is 0 Å². The van der Waals surface area contributed by atoms with Crippen molar-refractivity contribution in [3.63, 3.8) is 0 Å². The quantitative estimate of drug-likeness (QED) is 0.920. The zero-order chi connectivity index (χ0) is 13.0. The lowest BCUT2D eigenvalue weighted by Gasteiger charge is -2.29. The molecule has 1 aromatic heterocycles. The number of piperidine rings is 1. The number of amides is 1. The summed E-state index contributed by atoms with van der Waals surface area (Å²) >= 11 is 5.15. The third-order valence-electron chi connectivity index (χ3n) is 3.25. The van der Waals surface area contributed by atoms with E-state index in [1.807, 2.05) is 17.9 Å². The molecule has 100 valence electrons. The van der Waals surface area contributed by atoms with E-state index in [0.29, 0.717) is 0 Å². The van der Waals surface area contributed by atoms with Gasteiger partial charge in [-0.2, -0.15) is 0 Å². The highest BCUT2D eigenvalue weighted by atomic mass is 79.9. The molecule has 18 heavy (non-hydrogen) atoms. The fourth-order valence-electron chi connectivity index (χ4n) is 2.18. The first-order valence-corrected chi connectivity index (χ1v) is 8.04. The van der Waals surface area contributed by atoms with Crippen LogP contribution in [0.15, 0.2) is 15.9 Å². The average Bonchev–Trinajstić information content (AvgIpc) is 2.82. The molecule has 1 unspecified atom stereocenters. The van der Waals surface area contributed by atoms with Crippen LogP contribution < -0.4 is 5.32 Å². The Morgan fingerprint density at radius 2 is 2.17 bits per heavy atom. The van der Waals surface area contributed by atoms with Gasteiger partial charge in [-0.3, -0.25) is 4.79 Å². The number of nitrogens with one attached hydrogen (secondary N) is 1. The molecule has 0 aliphatic carbocycles. The van der Waals surface area contributed by atoms with Gasteiger partial charge in [0.1, 0.15) is 0 Å². The van der Waals surface area contributed by atoms with E-state index in [-0.39, 0.29) is 11.9 Å². The Bertz CT molecular complexity index is 401. The van der Waals surface area contributed by atoms with Crippen molar-refractivity contribution < 1.29 is 4.79 Å². The molecule has 2 heterocycles. The number of rotatable bonds is 4. The van der Waals surface area contributed by atoms with E-state index < -0.39 is 0 Å². The van der Waals surface area contributed by atoms with Crippen molar-refractivity contribution in [3.8, 4) is 0 Å². The molecular weight excluding hydrogens is 312 g/mol. The summed E-state index contributed by atoms with van der Waals surface area (Å²) in [6.45, 7) is 4.57. The van der Waals surface area contributed by atoms with Crippen LogP contribution in [0.2, 0.25) is 0 Å². The number of likely N-dealkylation sites (tertiary alicyclic amines) is 1. The van der Waals surface area contributed by atoms with Crippen molar-refractivity contribution >= 4 is 33.2 Å². The molecule has 3 nitrogen and oxygen atoms in total. The van der Waals surface area contributed by atoms with Gasteiger partial charge in [-0.25, -0.2) is 0 Å². The van der Waals surface area contributed by atoms with Crippen molar-refractivity contribution in [3.05, 3.63) is 20.8 Å². The molecule has 5 heteroatoms. The van der Waals surface area contributed by atoms with Gasteiger partial charge in [-0.05, 0) is 54.2 Å². The molecule has 0 saturated carbocycles. The van der Waals surface area contributed by atoms with Crippen LogP contribution in [-0.4, -0.2) is 29.9 Å². The van der Waals surface area contributed by atoms with Gasteiger partial charge >= 0.3 is 0 Å². The Kier molecular flexibility index (Phi) is 5.21. The zero-order valence-electron chi connectivity index (χ0n) is 10.6. The van der Waals surface area contributed by atoms with Gasteiger partial charge in [0.25, 0.3) is 0 Å². The highest BCUT2D eigenvalue weighted by molar-refractivity contribution is 9.11. The van der Waals surface area contributed by atoms with Crippen LogP contribution in [0, 0.1) is 0 Å². The van der Waals surface area contributed by atoms with Gasteiger partial charge in [-0.1, -0.05) is 0 Å². The van der Waals surface area contributed by atoms with Crippen molar-refractivity contribution in [1.82, 2.24) is 10.2 Å². The summed E-state index contributed by atoms with van der Waals surface area (Å²) in [5, 5.41) is 3.31. The smallest absolute Gasteiger partial charge is 0.239 e. The van der Waals surface area contributed by atoms with Crippen LogP contribution in [0.4, 0.5) is 0 Å². The lowest BCUT2D eigenvalue weighted by Crippen LogP contribution is -2.46. The summed E-state index contributed by atoms with van der Waals surface area (Å²) in [5.41, 5.74) is 0. The number of hydrogen-bond donors (Lipinski definition) is 1. The summed E-state index contributed by atoms with van der Waals surface area (Å²) in [7, 11) is 0. The maximum Gasteiger partial charge on any atom is 0.239 e. The Hall–Kier alpha value is -0.390. The van der Waals surface area contributed by atoms with E-state index in [2.05, 4.69) is 27.3 Å². The molecule has 1 N–H and O–H groups in total. The normalized spacial score (nSPS) is 17.8. The van der Waals surface area contributed by atoms with E-state index in [4.69, 9.17) is 0 Å². The van der Waals surface area contributed by atoms with Crippen LogP contribution in [0.25, 0.3) is 0 Å². The minimum Gasteiger partial charge on any atom is -0.341 e. The standard InChI is InChI=1S/C13H19BrN2OS/c1-10(13(17)16-7-3-2-4-8-16)15-9-11-5-6-12(14)18-11/h5-6,10,15H,2-4,7-9H2,1H3. The second-order valence-corrected chi connectivity index (χ2v) is 7.24. The molecule has 0 spiro atoms. The van der Waals surface area contributed by atoms with Gasteiger partial charge in [0.05, 0.1) is 9.83 Å². The number of hydrogen-bond acceptors (Lipinski definition) is 3. The molecule has 0 radical (unpaired) electrons. The number of halogens is 1. The van der Waals surface area contributed by atoms with Crippen LogP contribution in [-0.2, 0) is 11.3 Å². The maximum atomic E-state index is 12.2. The number of nitrogens with zero attached hydrogens (tertiary/aromatic N) is 1. The summed E-state index contributed by atoms with van der Waals surface area (Å²) in [4.78, 5) is 15.4. The number of carbonyl (C=O) groups is 1. The predicted molar refractivity (Wildman–Crippen MR) is 78.8 cm³/mol. The summed E-state index contributed by atoms with van der Waals surface area (Å²) < 4.78 is 1.13. The fraction of sp³-hybridized carbons (Fsp3) is 0.615. The van der Waals surface area contributed by atoms with Gasteiger partial charge in [0.15, 0.2) is 0 Å². The SMILES string of the molecule is CC(NCc1ccc(Br)s1)C(=O)N1CCCCC1. The lowest BCUT2D eigenvalue weighted by atomic mass is 10.1. The van der Waals surface area contributed by atoms with Gasteiger partial charge in [0.2, 0.25) is 5.91 Å². The predicted octanol–water partition coefficient (Wildman–Crippen LogP) is 3.00. The number of carbonyl (C=O) groups excluding carboxylic acids is 1. The Balaban J connectivity index is 1.79. The van der Waals surface area contributed by atoms with Crippen molar-refractivity contribution in [2.45, 2.75) is 38.8 Å².